The number of carbonyl (C=O) groups is 1. The summed E-state index contributed by atoms with van der Waals surface area (Å²) in [7, 11) is 0. The lowest BCUT2D eigenvalue weighted by molar-refractivity contribution is -0.132. The number of rotatable bonds is 7. The van der Waals surface area contributed by atoms with Crippen molar-refractivity contribution in [1.82, 2.24) is 25.1 Å². The summed E-state index contributed by atoms with van der Waals surface area (Å²) in [5.41, 5.74) is 0.859. The van der Waals surface area contributed by atoms with Gasteiger partial charge in [-0.05, 0) is 34.5 Å². The number of aliphatic hydroxyl groups is 1. The van der Waals surface area contributed by atoms with Gasteiger partial charge in [0.1, 0.15) is 12.9 Å². The number of carbonyl (C=O) groups excluding carboxylic acids is 1. The summed E-state index contributed by atoms with van der Waals surface area (Å²) in [6, 6.07) is 5.22. The van der Waals surface area contributed by atoms with Crippen molar-refractivity contribution in [2.45, 2.75) is 19.5 Å². The Morgan fingerprint density at radius 3 is 2.77 bits per heavy atom. The number of benzene rings is 1. The van der Waals surface area contributed by atoms with Crippen LogP contribution < -0.4 is 0 Å². The molecule has 0 saturated heterocycles. The Kier molecular flexibility index (Phi) is 6.11. The van der Waals surface area contributed by atoms with Crippen LogP contribution in [0.4, 0.5) is 0 Å². The number of aromatic nitrogens is 4. The van der Waals surface area contributed by atoms with Crippen LogP contribution in [0.3, 0.4) is 0 Å². The molecule has 1 aromatic heterocycles. The van der Waals surface area contributed by atoms with E-state index in [4.69, 9.17) is 28.3 Å². The summed E-state index contributed by atoms with van der Waals surface area (Å²) in [5.74, 6) is -0.146. The molecule has 118 valence electrons. The van der Waals surface area contributed by atoms with E-state index in [2.05, 4.69) is 15.5 Å². The topological polar surface area (TPSA) is 84.1 Å². The minimum absolute atomic E-state index is 0.00996. The first-order valence-corrected chi connectivity index (χ1v) is 7.39. The summed E-state index contributed by atoms with van der Waals surface area (Å²) >= 11 is 11.9. The SMILES string of the molecule is O=C(Cn1cnnn1)N(CCCO)Cc1ccc(Cl)c(Cl)c1. The fourth-order valence-corrected chi connectivity index (χ4v) is 2.22. The normalized spacial score (nSPS) is 10.7. The maximum atomic E-state index is 12.3. The van der Waals surface area contributed by atoms with E-state index in [0.29, 0.717) is 29.6 Å². The molecule has 0 atom stereocenters. The molecule has 9 heteroatoms. The van der Waals surface area contributed by atoms with Crippen molar-refractivity contribution >= 4 is 29.1 Å². The molecule has 7 nitrogen and oxygen atoms in total. The first-order valence-electron chi connectivity index (χ1n) is 6.63. The maximum absolute atomic E-state index is 12.3. The Balaban J connectivity index is 2.07. The minimum atomic E-state index is -0.146. The third-order valence-corrected chi connectivity index (χ3v) is 3.72. The number of aliphatic hydroxyl groups excluding tert-OH is 1. The fourth-order valence-electron chi connectivity index (χ4n) is 1.90. The summed E-state index contributed by atoms with van der Waals surface area (Å²) in [4.78, 5) is 14.0. The molecule has 2 rings (SSSR count). The highest BCUT2D eigenvalue weighted by Crippen LogP contribution is 2.23. The predicted octanol–water partition coefficient (Wildman–Crippen LogP) is 1.39. The Morgan fingerprint density at radius 2 is 2.14 bits per heavy atom. The van der Waals surface area contributed by atoms with Crippen LogP contribution in [0.15, 0.2) is 24.5 Å². The molecule has 0 fully saturated rings. The molecule has 0 aliphatic carbocycles. The van der Waals surface area contributed by atoms with Crippen LogP contribution >= 0.6 is 23.2 Å². The van der Waals surface area contributed by atoms with Crippen LogP contribution in [-0.4, -0.2) is 49.3 Å². The van der Waals surface area contributed by atoms with Gasteiger partial charge in [0, 0.05) is 19.7 Å². The molecule has 0 aliphatic rings. The molecule has 0 unspecified atom stereocenters. The minimum Gasteiger partial charge on any atom is -0.396 e. The lowest BCUT2D eigenvalue weighted by atomic mass is 10.2. The molecule has 0 spiro atoms. The molecule has 0 bridgehead atoms. The van der Waals surface area contributed by atoms with Crippen molar-refractivity contribution in [3.05, 3.63) is 40.1 Å². The fraction of sp³-hybridized carbons (Fsp3) is 0.385. The number of hydrogen-bond donors (Lipinski definition) is 1. The Hall–Kier alpha value is -1.70. The van der Waals surface area contributed by atoms with E-state index in [0.717, 1.165) is 5.56 Å². The maximum Gasteiger partial charge on any atom is 0.244 e. The highest BCUT2D eigenvalue weighted by atomic mass is 35.5. The second-order valence-electron chi connectivity index (χ2n) is 4.65. The molecular weight excluding hydrogens is 329 g/mol. The first-order chi connectivity index (χ1) is 10.6. The first kappa shape index (κ1) is 16.7. The lowest BCUT2D eigenvalue weighted by Crippen LogP contribution is -2.34. The van der Waals surface area contributed by atoms with E-state index in [-0.39, 0.29) is 19.1 Å². The van der Waals surface area contributed by atoms with E-state index in [1.165, 1.54) is 11.0 Å². The van der Waals surface area contributed by atoms with Crippen LogP contribution in [-0.2, 0) is 17.9 Å². The van der Waals surface area contributed by atoms with E-state index in [9.17, 15) is 4.79 Å². The van der Waals surface area contributed by atoms with Gasteiger partial charge >= 0.3 is 0 Å². The van der Waals surface area contributed by atoms with Crippen molar-refractivity contribution in [3.63, 3.8) is 0 Å². The van der Waals surface area contributed by atoms with Gasteiger partial charge in [0.2, 0.25) is 5.91 Å². The molecule has 22 heavy (non-hydrogen) atoms. The van der Waals surface area contributed by atoms with Crippen LogP contribution in [0.5, 0.6) is 0 Å². The standard InChI is InChI=1S/C13H15Cl2N5O2/c14-11-3-2-10(6-12(11)15)7-19(4-1-5-21)13(22)8-20-9-16-17-18-20/h2-3,6,9,21H,1,4-5,7-8H2. The average molecular weight is 344 g/mol. The Morgan fingerprint density at radius 1 is 1.32 bits per heavy atom. The molecule has 1 amide bonds. The van der Waals surface area contributed by atoms with E-state index < -0.39 is 0 Å². The zero-order chi connectivity index (χ0) is 15.9. The molecule has 0 aliphatic heterocycles. The van der Waals surface area contributed by atoms with E-state index in [1.54, 1.807) is 17.0 Å². The van der Waals surface area contributed by atoms with Crippen LogP contribution in [0.25, 0.3) is 0 Å². The van der Waals surface area contributed by atoms with Crippen LogP contribution in [0, 0.1) is 0 Å². The Bertz CT molecular complexity index is 621. The number of hydrogen-bond acceptors (Lipinski definition) is 5. The third-order valence-electron chi connectivity index (χ3n) is 2.99. The van der Waals surface area contributed by atoms with Gasteiger partial charge in [-0.15, -0.1) is 5.10 Å². The number of tetrazole rings is 1. The van der Waals surface area contributed by atoms with Gasteiger partial charge in [0.25, 0.3) is 0 Å². The van der Waals surface area contributed by atoms with Gasteiger partial charge in [-0.1, -0.05) is 29.3 Å². The second kappa shape index (κ2) is 8.07. The van der Waals surface area contributed by atoms with Gasteiger partial charge in [0.15, 0.2) is 0 Å². The average Bonchev–Trinajstić information content (AvgIpc) is 3.00. The summed E-state index contributed by atoms with van der Waals surface area (Å²) in [6.07, 6.45) is 1.87. The molecular formula is C13H15Cl2N5O2. The van der Waals surface area contributed by atoms with Crippen LogP contribution in [0.1, 0.15) is 12.0 Å². The van der Waals surface area contributed by atoms with Gasteiger partial charge in [-0.3, -0.25) is 4.79 Å². The van der Waals surface area contributed by atoms with Crippen molar-refractivity contribution in [3.8, 4) is 0 Å². The highest BCUT2D eigenvalue weighted by Gasteiger charge is 2.15. The number of halogens is 2. The zero-order valence-electron chi connectivity index (χ0n) is 11.7. The van der Waals surface area contributed by atoms with Gasteiger partial charge in [-0.25, -0.2) is 4.68 Å². The molecule has 1 N–H and O–H groups in total. The van der Waals surface area contributed by atoms with E-state index in [1.807, 2.05) is 6.07 Å². The third kappa shape index (κ3) is 4.66. The number of nitrogens with zero attached hydrogens (tertiary/aromatic N) is 5. The van der Waals surface area contributed by atoms with Crippen LogP contribution in [0.2, 0.25) is 10.0 Å². The van der Waals surface area contributed by atoms with Crippen molar-refractivity contribution in [2.75, 3.05) is 13.2 Å². The van der Waals surface area contributed by atoms with Crippen molar-refractivity contribution < 1.29 is 9.90 Å². The Labute approximate surface area is 137 Å². The second-order valence-corrected chi connectivity index (χ2v) is 5.46. The lowest BCUT2D eigenvalue weighted by Gasteiger charge is -2.22. The van der Waals surface area contributed by atoms with Gasteiger partial charge in [0.05, 0.1) is 10.0 Å². The van der Waals surface area contributed by atoms with Gasteiger partial charge < -0.3 is 10.0 Å². The molecule has 1 aromatic carbocycles. The molecule has 1 heterocycles. The van der Waals surface area contributed by atoms with Crippen molar-refractivity contribution in [2.24, 2.45) is 0 Å². The molecule has 0 radical (unpaired) electrons. The summed E-state index contributed by atoms with van der Waals surface area (Å²) in [6.45, 7) is 0.853. The predicted molar refractivity (Wildman–Crippen MR) is 81.4 cm³/mol. The van der Waals surface area contributed by atoms with Gasteiger partial charge in [-0.2, -0.15) is 0 Å². The molecule has 2 aromatic rings. The number of amides is 1. The highest BCUT2D eigenvalue weighted by molar-refractivity contribution is 6.42. The van der Waals surface area contributed by atoms with E-state index >= 15 is 0 Å². The molecule has 0 saturated carbocycles. The largest absolute Gasteiger partial charge is 0.396 e. The monoisotopic (exact) mass is 343 g/mol. The summed E-state index contributed by atoms with van der Waals surface area (Å²) < 4.78 is 1.35. The smallest absolute Gasteiger partial charge is 0.244 e. The zero-order valence-corrected chi connectivity index (χ0v) is 13.2. The van der Waals surface area contributed by atoms with Crippen molar-refractivity contribution in [1.29, 1.82) is 0 Å². The summed E-state index contributed by atoms with van der Waals surface area (Å²) in [5, 5.41) is 20.5. The quantitative estimate of drug-likeness (QED) is 0.821.